The van der Waals surface area contributed by atoms with Crippen molar-refractivity contribution in [1.82, 2.24) is 9.62 Å². The van der Waals surface area contributed by atoms with Crippen LogP contribution in [0.15, 0.2) is 0 Å². The second-order valence-electron chi connectivity index (χ2n) is 2.93. The van der Waals surface area contributed by atoms with E-state index >= 15 is 0 Å². The van der Waals surface area contributed by atoms with Gasteiger partial charge in [0.25, 0.3) is 0 Å². The van der Waals surface area contributed by atoms with Crippen molar-refractivity contribution in [2.75, 3.05) is 32.5 Å². The van der Waals surface area contributed by atoms with E-state index in [0.717, 1.165) is 19.6 Å². The van der Waals surface area contributed by atoms with Crippen LogP contribution in [0.3, 0.4) is 0 Å². The summed E-state index contributed by atoms with van der Waals surface area (Å²) in [4.78, 5) is 0. The highest BCUT2D eigenvalue weighted by atomic mass is 32.2. The van der Waals surface area contributed by atoms with Crippen LogP contribution >= 0.6 is 0 Å². The first kappa shape index (κ1) is 10.1. The lowest BCUT2D eigenvalue weighted by Gasteiger charge is -2.33. The highest BCUT2D eigenvalue weighted by Gasteiger charge is 2.23. The Morgan fingerprint density at radius 2 is 2.50 bits per heavy atom. The van der Waals surface area contributed by atoms with Crippen molar-refractivity contribution in [2.24, 2.45) is 0 Å². The molecule has 0 bridgehead atoms. The fourth-order valence-electron chi connectivity index (χ4n) is 1.48. The van der Waals surface area contributed by atoms with Gasteiger partial charge >= 0.3 is 0 Å². The van der Waals surface area contributed by atoms with E-state index in [1.807, 2.05) is 4.31 Å². The van der Waals surface area contributed by atoms with Gasteiger partial charge in [-0.1, -0.05) is 0 Å². The molecule has 72 valence electrons. The van der Waals surface area contributed by atoms with Crippen LogP contribution in [0.2, 0.25) is 0 Å². The van der Waals surface area contributed by atoms with Crippen LogP contribution in [-0.4, -0.2) is 52.2 Å². The molecule has 1 aliphatic heterocycles. The minimum atomic E-state index is -0.901. The molecule has 0 aromatic heterocycles. The number of rotatable bonds is 3. The molecule has 0 amide bonds. The Morgan fingerprint density at radius 3 is 3.08 bits per heavy atom. The third-order valence-electron chi connectivity index (χ3n) is 2.09. The van der Waals surface area contributed by atoms with Crippen molar-refractivity contribution >= 4 is 11.0 Å². The first-order valence-corrected chi connectivity index (χ1v) is 5.69. The molecule has 1 aliphatic rings. The molecule has 0 aromatic rings. The number of piperazine rings is 1. The molecule has 1 rings (SSSR count). The molecule has 5 heteroatoms. The van der Waals surface area contributed by atoms with Crippen molar-refractivity contribution in [1.29, 1.82) is 0 Å². The van der Waals surface area contributed by atoms with Crippen LogP contribution in [-0.2, 0) is 11.0 Å². The summed E-state index contributed by atoms with van der Waals surface area (Å²) in [6, 6.07) is 0.231. The second kappa shape index (κ2) is 4.91. The topological polar surface area (TPSA) is 52.6 Å². The number of hydrogen-bond acceptors (Lipinski definition) is 3. The molecule has 0 aliphatic carbocycles. The third kappa shape index (κ3) is 2.52. The highest BCUT2D eigenvalue weighted by molar-refractivity contribution is 7.81. The lowest BCUT2D eigenvalue weighted by Crippen LogP contribution is -2.51. The number of hydrogen-bond donors (Lipinski definition) is 2. The van der Waals surface area contributed by atoms with E-state index in [4.69, 9.17) is 5.11 Å². The highest BCUT2D eigenvalue weighted by Crippen LogP contribution is 2.08. The fourth-order valence-corrected chi connectivity index (χ4v) is 2.42. The first-order chi connectivity index (χ1) is 5.75. The van der Waals surface area contributed by atoms with E-state index < -0.39 is 11.0 Å². The van der Waals surface area contributed by atoms with Gasteiger partial charge in [0.05, 0.1) is 11.0 Å². The Kier molecular flexibility index (Phi) is 4.14. The molecule has 2 unspecified atom stereocenters. The zero-order valence-corrected chi connectivity index (χ0v) is 8.14. The molecule has 0 spiro atoms. The molecule has 1 heterocycles. The lowest BCUT2D eigenvalue weighted by atomic mass is 10.2. The summed E-state index contributed by atoms with van der Waals surface area (Å²) < 4.78 is 13.1. The summed E-state index contributed by atoms with van der Waals surface area (Å²) in [5.74, 6) is 0. The van der Waals surface area contributed by atoms with Gasteiger partial charge in [-0.15, -0.1) is 0 Å². The van der Waals surface area contributed by atoms with Crippen LogP contribution in [0, 0.1) is 0 Å². The summed E-state index contributed by atoms with van der Waals surface area (Å²) in [6.07, 6.45) is 2.39. The van der Waals surface area contributed by atoms with Crippen molar-refractivity contribution in [3.8, 4) is 0 Å². The Labute approximate surface area is 75.5 Å². The smallest absolute Gasteiger partial charge is 0.0914 e. The standard InChI is InChI=1S/C7H16N2O2S/c1-12(11)9-4-3-8-6-7(9)2-5-10/h7-8,10H,2-6H2,1H3. The van der Waals surface area contributed by atoms with E-state index in [2.05, 4.69) is 5.32 Å². The summed E-state index contributed by atoms with van der Waals surface area (Å²) >= 11 is 0. The van der Waals surface area contributed by atoms with E-state index in [1.54, 1.807) is 6.26 Å². The van der Waals surface area contributed by atoms with Gasteiger partial charge in [-0.2, -0.15) is 0 Å². The second-order valence-corrected chi connectivity index (χ2v) is 4.25. The minimum absolute atomic E-state index is 0.167. The molecule has 0 saturated carbocycles. The third-order valence-corrected chi connectivity index (χ3v) is 3.23. The summed E-state index contributed by atoms with van der Waals surface area (Å²) in [6.45, 7) is 2.70. The Hall–Kier alpha value is 0.0300. The zero-order chi connectivity index (χ0) is 8.97. The van der Waals surface area contributed by atoms with Crippen LogP contribution in [0.25, 0.3) is 0 Å². The van der Waals surface area contributed by atoms with Crippen molar-refractivity contribution in [3.05, 3.63) is 0 Å². The molecule has 12 heavy (non-hydrogen) atoms. The number of nitrogens with zero attached hydrogens (tertiary/aromatic N) is 1. The Morgan fingerprint density at radius 1 is 1.75 bits per heavy atom. The van der Waals surface area contributed by atoms with E-state index in [0.29, 0.717) is 6.42 Å². The maximum Gasteiger partial charge on any atom is 0.0914 e. The van der Waals surface area contributed by atoms with Gasteiger partial charge in [0.2, 0.25) is 0 Å². The molecule has 4 nitrogen and oxygen atoms in total. The summed E-state index contributed by atoms with van der Waals surface area (Å²) in [7, 11) is -0.901. The quantitative estimate of drug-likeness (QED) is 0.599. The number of aliphatic hydroxyl groups is 1. The molecular weight excluding hydrogens is 176 g/mol. The van der Waals surface area contributed by atoms with Crippen molar-refractivity contribution < 1.29 is 9.32 Å². The minimum Gasteiger partial charge on any atom is -0.396 e. The predicted molar refractivity (Wildman–Crippen MR) is 49.1 cm³/mol. The van der Waals surface area contributed by atoms with Gasteiger partial charge in [0, 0.05) is 38.5 Å². The molecular formula is C7H16N2O2S. The number of aliphatic hydroxyl groups excluding tert-OH is 1. The maximum absolute atomic E-state index is 11.2. The SMILES string of the molecule is CS(=O)N1CCNCC1CCO. The average molecular weight is 192 g/mol. The maximum atomic E-state index is 11.2. The fraction of sp³-hybridized carbons (Fsp3) is 1.00. The van der Waals surface area contributed by atoms with Gasteiger partial charge in [-0.05, 0) is 6.42 Å². The van der Waals surface area contributed by atoms with Gasteiger partial charge in [-0.25, -0.2) is 8.51 Å². The summed E-state index contributed by atoms with van der Waals surface area (Å²) in [5, 5.41) is 12.0. The average Bonchev–Trinajstić information content (AvgIpc) is 2.05. The van der Waals surface area contributed by atoms with Crippen LogP contribution in [0.5, 0.6) is 0 Å². The van der Waals surface area contributed by atoms with Crippen molar-refractivity contribution in [2.45, 2.75) is 12.5 Å². The molecule has 2 N–H and O–H groups in total. The van der Waals surface area contributed by atoms with E-state index in [-0.39, 0.29) is 12.6 Å². The zero-order valence-electron chi connectivity index (χ0n) is 7.32. The van der Waals surface area contributed by atoms with Gasteiger partial charge in [0.1, 0.15) is 0 Å². The Balaban J connectivity index is 2.48. The van der Waals surface area contributed by atoms with Gasteiger partial charge in [0.15, 0.2) is 0 Å². The van der Waals surface area contributed by atoms with Crippen LogP contribution in [0.1, 0.15) is 6.42 Å². The first-order valence-electron chi connectivity index (χ1n) is 4.17. The molecule has 1 fully saturated rings. The van der Waals surface area contributed by atoms with Crippen LogP contribution < -0.4 is 5.32 Å². The molecule has 0 radical (unpaired) electrons. The number of nitrogens with one attached hydrogen (secondary N) is 1. The monoisotopic (exact) mass is 192 g/mol. The predicted octanol–water partition coefficient (Wildman–Crippen LogP) is -1.06. The van der Waals surface area contributed by atoms with E-state index in [1.165, 1.54) is 0 Å². The molecule has 0 aromatic carbocycles. The van der Waals surface area contributed by atoms with Gasteiger partial charge in [-0.3, -0.25) is 0 Å². The van der Waals surface area contributed by atoms with Crippen LogP contribution in [0.4, 0.5) is 0 Å². The molecule has 2 atom stereocenters. The van der Waals surface area contributed by atoms with E-state index in [9.17, 15) is 4.21 Å². The van der Waals surface area contributed by atoms with Gasteiger partial charge < -0.3 is 10.4 Å². The normalized spacial score (nSPS) is 28.7. The Bertz CT molecular complexity index is 163. The summed E-state index contributed by atoms with van der Waals surface area (Å²) in [5.41, 5.74) is 0. The molecule has 1 saturated heterocycles. The lowest BCUT2D eigenvalue weighted by molar-refractivity contribution is 0.208. The largest absolute Gasteiger partial charge is 0.396 e. The van der Waals surface area contributed by atoms with Crippen molar-refractivity contribution in [3.63, 3.8) is 0 Å².